The van der Waals surface area contributed by atoms with Gasteiger partial charge in [0.15, 0.2) is 0 Å². The summed E-state index contributed by atoms with van der Waals surface area (Å²) in [5.41, 5.74) is 0. The van der Waals surface area contributed by atoms with Crippen molar-refractivity contribution in [2.45, 2.75) is 161 Å². The van der Waals surface area contributed by atoms with Crippen LogP contribution >= 0.6 is 0 Å². The van der Waals surface area contributed by atoms with Crippen LogP contribution in [0.3, 0.4) is 0 Å². The zero-order valence-electron chi connectivity index (χ0n) is 20.3. The van der Waals surface area contributed by atoms with Gasteiger partial charge in [0.1, 0.15) is 6.10 Å². The lowest BCUT2D eigenvalue weighted by atomic mass is 9.98. The summed E-state index contributed by atoms with van der Waals surface area (Å²) in [6.07, 6.45) is 34.2. The summed E-state index contributed by atoms with van der Waals surface area (Å²) < 4.78 is 5.58. The average molecular weight is 421 g/mol. The lowest BCUT2D eigenvalue weighted by Crippen LogP contribution is -2.20. The number of hydrogen-bond donors (Lipinski definition) is 0. The van der Waals surface area contributed by atoms with Gasteiger partial charge in [0, 0.05) is 6.42 Å². The van der Waals surface area contributed by atoms with Crippen LogP contribution in [0.15, 0.2) is 12.2 Å². The van der Waals surface area contributed by atoms with Gasteiger partial charge in [0.2, 0.25) is 0 Å². The third-order valence-corrected chi connectivity index (χ3v) is 6.49. The maximum absolute atomic E-state index is 11.9. The summed E-state index contributed by atoms with van der Waals surface area (Å²) in [6, 6.07) is 0. The van der Waals surface area contributed by atoms with Crippen molar-refractivity contribution >= 4 is 5.97 Å². The molecule has 1 saturated carbocycles. The summed E-state index contributed by atoms with van der Waals surface area (Å²) in [4.78, 5) is 11.9. The molecule has 0 unspecified atom stereocenters. The van der Waals surface area contributed by atoms with Crippen molar-refractivity contribution in [3.63, 3.8) is 0 Å². The molecule has 0 aromatic carbocycles. The first kappa shape index (κ1) is 27.2. The van der Waals surface area contributed by atoms with Crippen LogP contribution in [0.25, 0.3) is 0 Å². The van der Waals surface area contributed by atoms with Crippen molar-refractivity contribution < 1.29 is 9.53 Å². The Balaban J connectivity index is 1.74. The molecule has 1 aliphatic carbocycles. The zero-order chi connectivity index (χ0) is 21.5. The normalized spacial score (nSPS) is 15.1. The van der Waals surface area contributed by atoms with E-state index in [0.29, 0.717) is 6.42 Å². The topological polar surface area (TPSA) is 26.3 Å². The monoisotopic (exact) mass is 420 g/mol. The van der Waals surface area contributed by atoms with E-state index >= 15 is 0 Å². The molecule has 0 aliphatic heterocycles. The van der Waals surface area contributed by atoms with E-state index in [-0.39, 0.29) is 12.1 Å². The maximum Gasteiger partial charge on any atom is 0.306 e. The van der Waals surface area contributed by atoms with E-state index in [0.717, 1.165) is 19.3 Å². The van der Waals surface area contributed by atoms with E-state index in [4.69, 9.17) is 4.74 Å². The Bertz CT molecular complexity index is 395. The average Bonchev–Trinajstić information content (AvgIpc) is 2.76. The van der Waals surface area contributed by atoms with Crippen LogP contribution in [0.4, 0.5) is 0 Å². The minimum atomic E-state index is 0.0423. The molecular formula is C28H52O2. The number of ether oxygens (including phenoxy) is 1. The molecule has 0 bridgehead atoms. The minimum absolute atomic E-state index is 0.0423. The molecule has 30 heavy (non-hydrogen) atoms. The second-order valence-electron chi connectivity index (χ2n) is 9.50. The summed E-state index contributed by atoms with van der Waals surface area (Å²) in [5.74, 6) is 0.0423. The lowest BCUT2D eigenvalue weighted by Gasteiger charge is -2.21. The van der Waals surface area contributed by atoms with E-state index in [1.165, 1.54) is 122 Å². The third-order valence-electron chi connectivity index (χ3n) is 6.49. The molecule has 0 atom stereocenters. The van der Waals surface area contributed by atoms with E-state index in [9.17, 15) is 4.79 Å². The summed E-state index contributed by atoms with van der Waals surface area (Å²) in [5, 5.41) is 0. The molecule has 1 fully saturated rings. The highest BCUT2D eigenvalue weighted by atomic mass is 16.5. The van der Waals surface area contributed by atoms with Gasteiger partial charge in [-0.05, 0) is 57.8 Å². The highest BCUT2D eigenvalue weighted by molar-refractivity contribution is 5.69. The Hall–Kier alpha value is -0.790. The highest BCUT2D eigenvalue weighted by Crippen LogP contribution is 2.21. The Morgan fingerprint density at radius 1 is 0.667 bits per heavy atom. The van der Waals surface area contributed by atoms with Gasteiger partial charge < -0.3 is 4.74 Å². The van der Waals surface area contributed by atoms with E-state index in [1.54, 1.807) is 0 Å². The van der Waals surface area contributed by atoms with E-state index < -0.39 is 0 Å². The molecule has 0 N–H and O–H groups in total. The van der Waals surface area contributed by atoms with Gasteiger partial charge in [0.25, 0.3) is 0 Å². The number of rotatable bonds is 20. The van der Waals surface area contributed by atoms with Crippen molar-refractivity contribution in [1.82, 2.24) is 0 Å². The molecule has 2 nitrogen and oxygen atoms in total. The maximum atomic E-state index is 11.9. The van der Waals surface area contributed by atoms with Crippen LogP contribution in [0.1, 0.15) is 155 Å². The van der Waals surface area contributed by atoms with Crippen molar-refractivity contribution in [3.8, 4) is 0 Å². The third kappa shape index (κ3) is 18.0. The van der Waals surface area contributed by atoms with Crippen LogP contribution in [0.5, 0.6) is 0 Å². The molecule has 2 heteroatoms. The molecule has 0 radical (unpaired) electrons. The van der Waals surface area contributed by atoms with Crippen LogP contribution in [0, 0.1) is 0 Å². The van der Waals surface area contributed by atoms with Crippen LogP contribution in [-0.4, -0.2) is 12.1 Å². The molecule has 1 aliphatic rings. The first-order valence-corrected chi connectivity index (χ1v) is 13.7. The molecule has 0 spiro atoms. The van der Waals surface area contributed by atoms with Crippen LogP contribution in [-0.2, 0) is 9.53 Å². The largest absolute Gasteiger partial charge is 0.462 e. The first-order chi connectivity index (χ1) is 14.8. The predicted molar refractivity (Wildman–Crippen MR) is 131 cm³/mol. The fraction of sp³-hybridized carbons (Fsp3) is 0.893. The fourth-order valence-electron chi connectivity index (χ4n) is 4.47. The van der Waals surface area contributed by atoms with Gasteiger partial charge in [-0.2, -0.15) is 0 Å². The fourth-order valence-corrected chi connectivity index (χ4v) is 4.47. The quantitative estimate of drug-likeness (QED) is 0.111. The van der Waals surface area contributed by atoms with Crippen molar-refractivity contribution in [2.75, 3.05) is 0 Å². The van der Waals surface area contributed by atoms with Crippen molar-refractivity contribution in [1.29, 1.82) is 0 Å². The Labute approximate surface area is 188 Å². The molecule has 1 rings (SSSR count). The van der Waals surface area contributed by atoms with Gasteiger partial charge in [-0.3, -0.25) is 4.79 Å². The van der Waals surface area contributed by atoms with Crippen molar-refractivity contribution in [3.05, 3.63) is 12.2 Å². The number of unbranched alkanes of at least 4 members (excludes halogenated alkanes) is 15. The Morgan fingerprint density at radius 3 is 1.67 bits per heavy atom. The second kappa shape index (κ2) is 21.4. The van der Waals surface area contributed by atoms with Crippen molar-refractivity contribution in [2.24, 2.45) is 0 Å². The van der Waals surface area contributed by atoms with E-state index in [2.05, 4.69) is 19.1 Å². The molecule has 176 valence electrons. The van der Waals surface area contributed by atoms with Gasteiger partial charge >= 0.3 is 5.97 Å². The van der Waals surface area contributed by atoms with Crippen LogP contribution < -0.4 is 0 Å². The highest BCUT2D eigenvalue weighted by Gasteiger charge is 2.17. The molecule has 0 saturated heterocycles. The Morgan fingerprint density at radius 2 is 1.13 bits per heavy atom. The molecule has 0 aromatic heterocycles. The summed E-state index contributed by atoms with van der Waals surface area (Å²) in [6.45, 7) is 2.28. The summed E-state index contributed by atoms with van der Waals surface area (Å²) >= 11 is 0. The van der Waals surface area contributed by atoms with Crippen LogP contribution in [0.2, 0.25) is 0 Å². The first-order valence-electron chi connectivity index (χ1n) is 13.7. The number of allylic oxidation sites excluding steroid dienone is 2. The molecule has 0 heterocycles. The zero-order valence-corrected chi connectivity index (χ0v) is 20.3. The number of carbonyl (C=O) groups is 1. The second-order valence-corrected chi connectivity index (χ2v) is 9.50. The molecule has 0 amide bonds. The van der Waals surface area contributed by atoms with Gasteiger partial charge in [0.05, 0.1) is 0 Å². The van der Waals surface area contributed by atoms with Gasteiger partial charge in [-0.15, -0.1) is 0 Å². The lowest BCUT2D eigenvalue weighted by molar-refractivity contribution is -0.150. The molecule has 0 aromatic rings. The minimum Gasteiger partial charge on any atom is -0.462 e. The number of carbonyl (C=O) groups excluding carboxylic acids is 1. The van der Waals surface area contributed by atoms with E-state index in [1.807, 2.05) is 0 Å². The smallest absolute Gasteiger partial charge is 0.306 e. The SMILES string of the molecule is CCCCCCCCCC/C=C/CCCCCCCCCC(=O)OC1CCCCC1. The number of hydrogen-bond acceptors (Lipinski definition) is 2. The number of esters is 1. The molecular weight excluding hydrogens is 368 g/mol. The van der Waals surface area contributed by atoms with Gasteiger partial charge in [-0.25, -0.2) is 0 Å². The predicted octanol–water partition coefficient (Wildman–Crippen LogP) is 9.46. The van der Waals surface area contributed by atoms with Gasteiger partial charge in [-0.1, -0.05) is 103 Å². The summed E-state index contributed by atoms with van der Waals surface area (Å²) in [7, 11) is 0. The Kier molecular flexibility index (Phi) is 19.5. The standard InChI is InChI=1S/C28H52O2/c1-2-3-4-5-6-7-8-9-10-11-12-13-14-15-16-17-18-19-23-26-28(29)30-27-24-21-20-22-25-27/h11-12,27H,2-10,13-26H2,1H3/b12-11+.